The number of aromatic nitrogens is 1. The Morgan fingerprint density at radius 1 is 1.03 bits per heavy atom. The first-order valence-electron chi connectivity index (χ1n) is 10.7. The Kier molecular flexibility index (Phi) is 5.36. The van der Waals surface area contributed by atoms with E-state index in [4.69, 9.17) is 9.72 Å². The molecule has 0 unspecified atom stereocenters. The van der Waals surface area contributed by atoms with Gasteiger partial charge in [-0.05, 0) is 72.6 Å². The number of hydrogen-bond acceptors (Lipinski definition) is 4. The van der Waals surface area contributed by atoms with Crippen molar-refractivity contribution < 1.29 is 22.7 Å². The van der Waals surface area contributed by atoms with Gasteiger partial charge in [-0.1, -0.05) is 6.07 Å². The quantitative estimate of drug-likeness (QED) is 0.391. The van der Waals surface area contributed by atoms with Crippen LogP contribution in [0, 0.1) is 0 Å². The summed E-state index contributed by atoms with van der Waals surface area (Å²) in [4.78, 5) is 19.5. The number of alkyl halides is 3. The molecule has 8 heteroatoms. The molecule has 0 aliphatic carbocycles. The molecule has 0 spiro atoms. The molecule has 2 heterocycles. The molecule has 0 atom stereocenters. The minimum absolute atomic E-state index is 0.0869. The number of amides is 1. The third-order valence-corrected chi connectivity index (χ3v) is 5.83. The Hall–Kier alpha value is -4.07. The molecule has 0 bridgehead atoms. The number of nitrogens with one attached hydrogen (secondary N) is 1. The van der Waals surface area contributed by atoms with Crippen LogP contribution in [0.5, 0.6) is 5.75 Å². The predicted octanol–water partition coefficient (Wildman–Crippen LogP) is 6.21. The van der Waals surface area contributed by atoms with Gasteiger partial charge >= 0.3 is 6.18 Å². The van der Waals surface area contributed by atoms with Gasteiger partial charge in [-0.3, -0.25) is 4.79 Å². The molecule has 34 heavy (non-hydrogen) atoms. The number of rotatable bonds is 4. The number of benzene rings is 3. The summed E-state index contributed by atoms with van der Waals surface area (Å²) < 4.78 is 44.1. The van der Waals surface area contributed by atoms with Gasteiger partial charge in [0.05, 0.1) is 18.2 Å². The lowest BCUT2D eigenvalue weighted by molar-refractivity contribution is -0.137. The van der Waals surface area contributed by atoms with Crippen LogP contribution in [0.3, 0.4) is 0 Å². The average molecular weight is 463 g/mol. The molecule has 1 aliphatic heterocycles. The molecule has 1 amide bonds. The van der Waals surface area contributed by atoms with E-state index in [1.165, 1.54) is 12.1 Å². The van der Waals surface area contributed by atoms with E-state index in [-0.39, 0.29) is 5.69 Å². The van der Waals surface area contributed by atoms with E-state index < -0.39 is 17.6 Å². The minimum Gasteiger partial charge on any atom is -0.497 e. The average Bonchev–Trinajstić information content (AvgIpc) is 3.24. The summed E-state index contributed by atoms with van der Waals surface area (Å²) in [6, 6.07) is 19.4. The predicted molar refractivity (Wildman–Crippen MR) is 125 cm³/mol. The number of pyridine rings is 1. The monoisotopic (exact) mass is 463 g/mol. The number of nitrogens with zero attached hydrogens (tertiary/aromatic N) is 2. The number of hydrogen-bond donors (Lipinski definition) is 1. The van der Waals surface area contributed by atoms with Crippen molar-refractivity contribution in [3.05, 3.63) is 89.5 Å². The van der Waals surface area contributed by atoms with E-state index in [2.05, 4.69) is 16.3 Å². The summed E-state index contributed by atoms with van der Waals surface area (Å²) in [5, 5.41) is 3.57. The largest absolute Gasteiger partial charge is 0.497 e. The first-order chi connectivity index (χ1) is 16.3. The van der Waals surface area contributed by atoms with Crippen molar-refractivity contribution >= 4 is 34.0 Å². The highest BCUT2D eigenvalue weighted by atomic mass is 19.4. The summed E-state index contributed by atoms with van der Waals surface area (Å²) in [5.74, 6) is 1.12. The SMILES string of the molecule is COc1ccc2cc3c(nc2c1)N(c1ccc(C(=O)Nc2cccc(C(F)(F)F)c2)cc1)CC3. The van der Waals surface area contributed by atoms with Gasteiger partial charge in [0.2, 0.25) is 0 Å². The summed E-state index contributed by atoms with van der Waals surface area (Å²) in [7, 11) is 1.62. The Morgan fingerprint density at radius 2 is 1.82 bits per heavy atom. The van der Waals surface area contributed by atoms with E-state index in [1.54, 1.807) is 19.2 Å². The third-order valence-electron chi connectivity index (χ3n) is 5.83. The second kappa shape index (κ2) is 8.37. The second-order valence-corrected chi connectivity index (χ2v) is 8.01. The summed E-state index contributed by atoms with van der Waals surface area (Å²) >= 11 is 0. The van der Waals surface area contributed by atoms with Crippen LogP contribution < -0.4 is 15.0 Å². The molecule has 0 saturated carbocycles. The van der Waals surface area contributed by atoms with Crippen LogP contribution in [-0.4, -0.2) is 24.5 Å². The number of halogens is 3. The summed E-state index contributed by atoms with van der Waals surface area (Å²) in [5.41, 5.74) is 2.47. The Balaban J connectivity index is 1.36. The molecule has 3 aromatic carbocycles. The maximum atomic E-state index is 12.9. The minimum atomic E-state index is -4.47. The molecular formula is C26H20F3N3O2. The molecule has 5 nitrogen and oxygen atoms in total. The smallest absolute Gasteiger partial charge is 0.416 e. The molecule has 172 valence electrons. The fraction of sp³-hybridized carbons (Fsp3) is 0.154. The van der Waals surface area contributed by atoms with E-state index in [0.717, 1.165) is 58.8 Å². The molecule has 1 aromatic heterocycles. The second-order valence-electron chi connectivity index (χ2n) is 8.01. The highest BCUT2D eigenvalue weighted by Crippen LogP contribution is 2.36. The number of ether oxygens (including phenoxy) is 1. The van der Waals surface area contributed by atoms with Crippen molar-refractivity contribution in [3.63, 3.8) is 0 Å². The zero-order chi connectivity index (χ0) is 23.9. The van der Waals surface area contributed by atoms with Crippen LogP contribution in [0.15, 0.2) is 72.8 Å². The Morgan fingerprint density at radius 3 is 2.56 bits per heavy atom. The van der Waals surface area contributed by atoms with Crippen molar-refractivity contribution in [2.24, 2.45) is 0 Å². The zero-order valence-corrected chi connectivity index (χ0v) is 18.2. The number of methoxy groups -OCH3 is 1. The number of anilines is 3. The molecule has 5 rings (SSSR count). The third kappa shape index (κ3) is 4.14. The van der Waals surface area contributed by atoms with E-state index in [1.807, 2.05) is 30.3 Å². The van der Waals surface area contributed by atoms with Gasteiger partial charge in [-0.2, -0.15) is 13.2 Å². The summed E-state index contributed by atoms with van der Waals surface area (Å²) in [6.07, 6.45) is -3.62. The van der Waals surface area contributed by atoms with Crippen LogP contribution in [0.25, 0.3) is 10.9 Å². The summed E-state index contributed by atoms with van der Waals surface area (Å²) in [6.45, 7) is 0.756. The van der Waals surface area contributed by atoms with E-state index in [9.17, 15) is 18.0 Å². The van der Waals surface area contributed by atoms with Gasteiger partial charge in [-0.25, -0.2) is 4.98 Å². The van der Waals surface area contributed by atoms with Crippen molar-refractivity contribution in [2.75, 3.05) is 23.9 Å². The fourth-order valence-electron chi connectivity index (χ4n) is 4.08. The standard InChI is InChI=1S/C26H20F3N3O2/c1-34-22-10-7-17-13-18-11-12-32(24(18)31-23(17)15-22)21-8-5-16(6-9-21)25(33)30-20-4-2-3-19(14-20)26(27,28)29/h2-10,13-15H,11-12H2,1H3,(H,30,33). The van der Waals surface area contributed by atoms with Crippen LogP contribution in [0.4, 0.5) is 30.4 Å². The van der Waals surface area contributed by atoms with Crippen molar-refractivity contribution in [1.82, 2.24) is 4.98 Å². The van der Waals surface area contributed by atoms with Gasteiger partial charge in [0, 0.05) is 34.9 Å². The number of carbonyl (C=O) groups is 1. The lowest BCUT2D eigenvalue weighted by Crippen LogP contribution is -2.16. The van der Waals surface area contributed by atoms with Crippen molar-refractivity contribution in [3.8, 4) is 5.75 Å². The molecule has 1 aliphatic rings. The molecule has 1 N–H and O–H groups in total. The first-order valence-corrected chi connectivity index (χ1v) is 10.7. The highest BCUT2D eigenvalue weighted by Gasteiger charge is 2.30. The van der Waals surface area contributed by atoms with Gasteiger partial charge < -0.3 is 15.0 Å². The molecule has 0 radical (unpaired) electrons. The molecule has 0 fully saturated rings. The van der Waals surface area contributed by atoms with Crippen molar-refractivity contribution in [2.45, 2.75) is 12.6 Å². The van der Waals surface area contributed by atoms with Crippen LogP contribution in [0.2, 0.25) is 0 Å². The number of fused-ring (bicyclic) bond motifs is 2. The maximum absolute atomic E-state index is 12.9. The van der Waals surface area contributed by atoms with E-state index >= 15 is 0 Å². The lowest BCUT2D eigenvalue weighted by Gasteiger charge is -2.19. The zero-order valence-electron chi connectivity index (χ0n) is 18.2. The normalized spacial score (nSPS) is 13.1. The van der Waals surface area contributed by atoms with E-state index in [0.29, 0.717) is 5.56 Å². The first kappa shape index (κ1) is 21.8. The van der Waals surface area contributed by atoms with Gasteiger partial charge in [0.25, 0.3) is 5.91 Å². The molecular weight excluding hydrogens is 443 g/mol. The Labute approximate surface area is 193 Å². The lowest BCUT2D eigenvalue weighted by atomic mass is 10.1. The fourth-order valence-corrected chi connectivity index (χ4v) is 4.08. The number of carbonyl (C=O) groups excluding carboxylic acids is 1. The maximum Gasteiger partial charge on any atom is 0.416 e. The van der Waals surface area contributed by atoms with Crippen molar-refractivity contribution in [1.29, 1.82) is 0 Å². The molecule has 0 saturated heterocycles. The molecule has 4 aromatic rings. The van der Waals surface area contributed by atoms with Crippen LogP contribution in [-0.2, 0) is 12.6 Å². The topological polar surface area (TPSA) is 54.5 Å². The van der Waals surface area contributed by atoms with Crippen LogP contribution >= 0.6 is 0 Å². The van der Waals surface area contributed by atoms with Gasteiger partial charge in [0.1, 0.15) is 11.6 Å². The van der Waals surface area contributed by atoms with Crippen LogP contribution in [0.1, 0.15) is 21.5 Å². The Bertz CT molecular complexity index is 1380. The van der Waals surface area contributed by atoms with Gasteiger partial charge in [-0.15, -0.1) is 0 Å². The highest BCUT2D eigenvalue weighted by molar-refractivity contribution is 6.04. The van der Waals surface area contributed by atoms with Gasteiger partial charge in [0.15, 0.2) is 0 Å².